The number of halogens is 4. The van der Waals surface area contributed by atoms with Crippen LogP contribution < -0.4 is 10.8 Å². The van der Waals surface area contributed by atoms with Gasteiger partial charge in [-0.15, -0.1) is 0 Å². The Morgan fingerprint density at radius 3 is 2.59 bits per heavy atom. The van der Waals surface area contributed by atoms with Crippen LogP contribution >= 0.6 is 0 Å². The van der Waals surface area contributed by atoms with Crippen LogP contribution in [0, 0.1) is 5.82 Å². The molecule has 0 spiro atoms. The number of nitrogens with one attached hydrogen (secondary N) is 1. The van der Waals surface area contributed by atoms with Crippen LogP contribution in [0.5, 0.6) is 0 Å². The molecular formula is C16H11BF4N4O2. The van der Waals surface area contributed by atoms with Crippen molar-refractivity contribution >= 4 is 31.1 Å². The van der Waals surface area contributed by atoms with Gasteiger partial charge in [0.05, 0.1) is 18.3 Å². The normalized spacial score (nSPS) is 16.8. The minimum absolute atomic E-state index is 0.107. The van der Waals surface area contributed by atoms with Gasteiger partial charge in [0.1, 0.15) is 14.4 Å². The number of aromatic nitrogens is 2. The topological polar surface area (TPSA) is 75.2 Å². The number of amides is 2. The molecule has 2 radical (unpaired) electrons. The van der Waals surface area contributed by atoms with Gasteiger partial charge in [-0.25, -0.2) is 14.4 Å². The van der Waals surface area contributed by atoms with E-state index in [1.165, 1.54) is 12.1 Å². The molecule has 1 aliphatic rings. The first-order valence-corrected chi connectivity index (χ1v) is 7.68. The summed E-state index contributed by atoms with van der Waals surface area (Å²) in [6.45, 7) is -1.37. The predicted molar refractivity (Wildman–Crippen MR) is 87.1 cm³/mol. The van der Waals surface area contributed by atoms with Crippen LogP contribution in [-0.2, 0) is 4.79 Å². The second-order valence-corrected chi connectivity index (χ2v) is 5.90. The van der Waals surface area contributed by atoms with Crippen molar-refractivity contribution in [1.29, 1.82) is 0 Å². The number of alkyl halides is 3. The van der Waals surface area contributed by atoms with Gasteiger partial charge in [-0.1, -0.05) is 17.6 Å². The minimum atomic E-state index is -4.63. The van der Waals surface area contributed by atoms with Crippen molar-refractivity contribution < 1.29 is 27.2 Å². The average molecular weight is 378 g/mol. The Balaban J connectivity index is 1.81. The van der Waals surface area contributed by atoms with Gasteiger partial charge in [0.15, 0.2) is 5.82 Å². The zero-order valence-corrected chi connectivity index (χ0v) is 13.6. The highest BCUT2D eigenvalue weighted by atomic mass is 19.4. The number of hydrogen-bond acceptors (Lipinski definition) is 4. The van der Waals surface area contributed by atoms with Gasteiger partial charge in [0, 0.05) is 12.1 Å². The van der Waals surface area contributed by atoms with Crippen molar-refractivity contribution in [2.75, 3.05) is 18.4 Å². The summed E-state index contributed by atoms with van der Waals surface area (Å²) in [7, 11) is 5.55. The van der Waals surface area contributed by atoms with Gasteiger partial charge >= 0.3 is 6.18 Å². The molecule has 1 aliphatic heterocycles. The van der Waals surface area contributed by atoms with E-state index in [1.54, 1.807) is 0 Å². The third-order valence-electron chi connectivity index (χ3n) is 3.97. The molecule has 2 amide bonds. The fourth-order valence-electron chi connectivity index (χ4n) is 2.77. The Bertz CT molecular complexity index is 889. The Morgan fingerprint density at radius 1 is 1.30 bits per heavy atom. The molecule has 11 heteroatoms. The molecule has 2 heterocycles. The van der Waals surface area contributed by atoms with E-state index >= 15 is 0 Å². The maximum atomic E-state index is 13.4. The Morgan fingerprint density at radius 2 is 1.96 bits per heavy atom. The van der Waals surface area contributed by atoms with E-state index in [0.29, 0.717) is 0 Å². The summed E-state index contributed by atoms with van der Waals surface area (Å²) in [6.07, 6.45) is -3.00. The molecule has 0 saturated carbocycles. The summed E-state index contributed by atoms with van der Waals surface area (Å²) in [5.41, 5.74) is -0.273. The fourth-order valence-corrected chi connectivity index (χ4v) is 2.77. The van der Waals surface area contributed by atoms with Crippen LogP contribution in [0.25, 0.3) is 0 Å². The number of anilines is 1. The van der Waals surface area contributed by atoms with E-state index in [-0.39, 0.29) is 22.5 Å². The van der Waals surface area contributed by atoms with Crippen LogP contribution in [0.2, 0.25) is 0 Å². The number of rotatable bonds is 3. The van der Waals surface area contributed by atoms with E-state index in [9.17, 15) is 27.2 Å². The largest absolute Gasteiger partial charge is 0.397 e. The molecule has 0 saturated heterocycles. The van der Waals surface area contributed by atoms with E-state index in [0.717, 1.165) is 23.4 Å². The Hall–Kier alpha value is -2.98. The lowest BCUT2D eigenvalue weighted by Crippen LogP contribution is -2.47. The fraction of sp³-hybridized carbons (Fsp3) is 0.250. The quantitative estimate of drug-likeness (QED) is 0.643. The van der Waals surface area contributed by atoms with Gasteiger partial charge in [-0.05, 0) is 11.6 Å². The third-order valence-corrected chi connectivity index (χ3v) is 3.97. The third kappa shape index (κ3) is 4.07. The second kappa shape index (κ2) is 6.97. The lowest BCUT2D eigenvalue weighted by Gasteiger charge is -2.35. The Kier molecular flexibility index (Phi) is 4.86. The van der Waals surface area contributed by atoms with Gasteiger partial charge in [0.2, 0.25) is 11.9 Å². The molecule has 27 heavy (non-hydrogen) atoms. The summed E-state index contributed by atoms with van der Waals surface area (Å²) < 4.78 is 53.1. The first-order chi connectivity index (χ1) is 12.6. The zero-order chi connectivity index (χ0) is 19.8. The molecule has 1 N–H and O–H groups in total. The molecule has 1 aromatic carbocycles. The van der Waals surface area contributed by atoms with E-state index in [2.05, 4.69) is 15.3 Å². The highest BCUT2D eigenvalue weighted by Crippen LogP contribution is 2.39. The number of benzene rings is 1. The molecule has 0 bridgehead atoms. The van der Waals surface area contributed by atoms with Crippen LogP contribution in [0.4, 0.5) is 23.5 Å². The molecule has 138 valence electrons. The monoisotopic (exact) mass is 378 g/mol. The molecule has 0 fully saturated rings. The second-order valence-electron chi connectivity index (χ2n) is 5.90. The first-order valence-electron chi connectivity index (χ1n) is 7.68. The van der Waals surface area contributed by atoms with Gasteiger partial charge < -0.3 is 4.90 Å². The highest BCUT2D eigenvalue weighted by Gasteiger charge is 2.47. The lowest BCUT2D eigenvalue weighted by molar-refractivity contribution is -0.155. The summed E-state index contributed by atoms with van der Waals surface area (Å²) in [4.78, 5) is 32.4. The summed E-state index contributed by atoms with van der Waals surface area (Å²) in [6, 6.07) is 3.65. The summed E-state index contributed by atoms with van der Waals surface area (Å²) in [5.74, 6) is -4.45. The molecule has 2 aromatic rings. The van der Waals surface area contributed by atoms with Gasteiger partial charge in [0.25, 0.3) is 5.91 Å². The van der Waals surface area contributed by atoms with Crippen molar-refractivity contribution in [2.45, 2.75) is 12.1 Å². The van der Waals surface area contributed by atoms with E-state index in [4.69, 9.17) is 7.85 Å². The highest BCUT2D eigenvalue weighted by molar-refractivity contribution is 6.32. The van der Waals surface area contributed by atoms with Crippen LogP contribution in [0.1, 0.15) is 21.8 Å². The Labute approximate surface area is 152 Å². The molecule has 3 rings (SSSR count). The number of carbonyl (C=O) groups excluding carboxylic acids is 2. The van der Waals surface area contributed by atoms with Crippen molar-refractivity contribution in [3.63, 3.8) is 0 Å². The molecule has 1 atom stereocenters. The number of fused-ring (bicyclic) bond motifs is 1. The summed E-state index contributed by atoms with van der Waals surface area (Å²) >= 11 is 0. The van der Waals surface area contributed by atoms with Crippen molar-refractivity contribution in [3.8, 4) is 0 Å². The average Bonchev–Trinajstić information content (AvgIpc) is 2.58. The number of nitrogens with zero attached hydrogens (tertiary/aromatic N) is 3. The molecular weight excluding hydrogens is 367 g/mol. The number of hydrogen-bond donors (Lipinski definition) is 1. The number of carbonyl (C=O) groups is 2. The SMILES string of the molecule is [B]c1ccc2c(c1)C(C(F)(F)F)CN(CC(=O)Nc1ncc(F)cn1)C2=O. The first kappa shape index (κ1) is 18.8. The maximum absolute atomic E-state index is 13.4. The van der Waals surface area contributed by atoms with Crippen molar-refractivity contribution in [2.24, 2.45) is 0 Å². The standard InChI is InChI=1S/C16H11BF4N4O2/c17-8-1-2-10-11(3-8)12(16(19,20)21)6-25(14(10)27)7-13(26)24-15-22-4-9(18)5-23-15/h1-5,12H,6-7H2,(H,22,23,24,26). The lowest BCUT2D eigenvalue weighted by atomic mass is 9.83. The smallest absolute Gasteiger partial charge is 0.328 e. The van der Waals surface area contributed by atoms with E-state index < -0.39 is 42.8 Å². The van der Waals surface area contributed by atoms with E-state index in [1.807, 2.05) is 0 Å². The van der Waals surface area contributed by atoms with Gasteiger partial charge in [-0.3, -0.25) is 14.9 Å². The predicted octanol–water partition coefficient (Wildman–Crippen LogP) is 1.15. The van der Waals surface area contributed by atoms with Crippen LogP contribution in [-0.4, -0.2) is 53.8 Å². The zero-order valence-electron chi connectivity index (χ0n) is 13.6. The maximum Gasteiger partial charge on any atom is 0.397 e. The van der Waals surface area contributed by atoms with Crippen LogP contribution in [0.15, 0.2) is 30.6 Å². The van der Waals surface area contributed by atoms with Crippen molar-refractivity contribution in [1.82, 2.24) is 14.9 Å². The molecule has 1 aromatic heterocycles. The minimum Gasteiger partial charge on any atom is -0.328 e. The van der Waals surface area contributed by atoms with Gasteiger partial charge in [-0.2, -0.15) is 13.2 Å². The molecule has 6 nitrogen and oxygen atoms in total. The molecule has 1 unspecified atom stereocenters. The summed E-state index contributed by atoms with van der Waals surface area (Å²) in [5, 5.41) is 2.20. The van der Waals surface area contributed by atoms with Crippen molar-refractivity contribution in [3.05, 3.63) is 47.5 Å². The van der Waals surface area contributed by atoms with Crippen LogP contribution in [0.3, 0.4) is 0 Å². The molecule has 0 aliphatic carbocycles.